The van der Waals surface area contributed by atoms with Crippen LogP contribution < -0.4 is 0 Å². The Bertz CT molecular complexity index is 490. The molecular weight excluding hydrogens is 282 g/mol. The van der Waals surface area contributed by atoms with E-state index in [1.807, 2.05) is 0 Å². The predicted molar refractivity (Wildman–Crippen MR) is 75.8 cm³/mol. The molecule has 0 aliphatic rings. The highest BCUT2D eigenvalue weighted by Gasteiger charge is 2.15. The predicted octanol–water partition coefficient (Wildman–Crippen LogP) is 2.12. The third-order valence-electron chi connectivity index (χ3n) is 2.62. The van der Waals surface area contributed by atoms with Gasteiger partial charge in [-0.15, -0.1) is 0 Å². The average molecular weight is 300 g/mol. The Morgan fingerprint density at radius 3 is 2.65 bits per heavy atom. The van der Waals surface area contributed by atoms with Crippen molar-refractivity contribution < 1.29 is 19.1 Å². The number of hydrogen-bond donors (Lipinski definition) is 0. The summed E-state index contributed by atoms with van der Waals surface area (Å²) in [6.45, 7) is 2.63. The van der Waals surface area contributed by atoms with E-state index in [0.29, 0.717) is 29.3 Å². The molecule has 1 aromatic carbocycles. The van der Waals surface area contributed by atoms with Crippen LogP contribution in [0, 0.1) is 0 Å². The maximum Gasteiger partial charge on any atom is 0.338 e. The summed E-state index contributed by atoms with van der Waals surface area (Å²) < 4.78 is 9.60. The van der Waals surface area contributed by atoms with Gasteiger partial charge in [-0.1, -0.05) is 11.6 Å². The number of carbonyl (C=O) groups is 2. The molecule has 1 rings (SSSR count). The molecule has 0 atom stereocenters. The van der Waals surface area contributed by atoms with Crippen molar-refractivity contribution in [2.75, 3.05) is 27.3 Å². The molecule has 0 bridgehead atoms. The summed E-state index contributed by atoms with van der Waals surface area (Å²) in [5, 5.41) is 0.525. The molecule has 0 radical (unpaired) electrons. The first-order valence-corrected chi connectivity index (χ1v) is 6.56. The van der Waals surface area contributed by atoms with Gasteiger partial charge in [-0.2, -0.15) is 0 Å². The van der Waals surface area contributed by atoms with Crippen molar-refractivity contribution in [2.45, 2.75) is 13.5 Å². The second kappa shape index (κ2) is 7.87. The summed E-state index contributed by atoms with van der Waals surface area (Å²) in [4.78, 5) is 24.8. The van der Waals surface area contributed by atoms with Gasteiger partial charge in [0.2, 0.25) is 0 Å². The minimum absolute atomic E-state index is 0.140. The highest BCUT2D eigenvalue weighted by Crippen LogP contribution is 2.18. The normalized spacial score (nSPS) is 10.4. The third-order valence-corrected chi connectivity index (χ3v) is 2.85. The molecule has 5 nitrogen and oxygen atoms in total. The molecule has 6 heteroatoms. The topological polar surface area (TPSA) is 55.8 Å². The number of hydrogen-bond acceptors (Lipinski definition) is 5. The number of halogens is 1. The summed E-state index contributed by atoms with van der Waals surface area (Å²) in [6.07, 6.45) is 0. The largest absolute Gasteiger partial charge is 0.465 e. The first kappa shape index (κ1) is 16.5. The van der Waals surface area contributed by atoms with E-state index in [-0.39, 0.29) is 12.5 Å². The van der Waals surface area contributed by atoms with E-state index in [1.165, 1.54) is 7.11 Å². The molecule has 0 amide bonds. The van der Waals surface area contributed by atoms with Crippen molar-refractivity contribution in [3.8, 4) is 0 Å². The Morgan fingerprint density at radius 2 is 2.05 bits per heavy atom. The van der Waals surface area contributed by atoms with E-state index in [1.54, 1.807) is 37.1 Å². The Labute approximate surface area is 123 Å². The van der Waals surface area contributed by atoms with Crippen LogP contribution in [-0.4, -0.2) is 44.1 Å². The fourth-order valence-electron chi connectivity index (χ4n) is 1.78. The Hall–Kier alpha value is -1.59. The first-order chi connectivity index (χ1) is 9.47. The highest BCUT2D eigenvalue weighted by molar-refractivity contribution is 6.30. The standard InChI is InChI=1S/C14H18ClNO4/c1-4-20-13(17)9-16(2)8-10-7-11(15)5-6-12(10)14(18)19-3/h5-7H,4,8-9H2,1-3H3. The minimum Gasteiger partial charge on any atom is -0.465 e. The lowest BCUT2D eigenvalue weighted by molar-refractivity contribution is -0.144. The van der Waals surface area contributed by atoms with Crippen LogP contribution in [0.1, 0.15) is 22.8 Å². The zero-order chi connectivity index (χ0) is 15.1. The lowest BCUT2D eigenvalue weighted by atomic mass is 10.1. The molecule has 110 valence electrons. The zero-order valence-electron chi connectivity index (χ0n) is 11.8. The summed E-state index contributed by atoms with van der Waals surface area (Å²) >= 11 is 5.94. The van der Waals surface area contributed by atoms with Crippen LogP contribution in [0.25, 0.3) is 0 Å². The van der Waals surface area contributed by atoms with Gasteiger partial charge in [-0.05, 0) is 37.7 Å². The van der Waals surface area contributed by atoms with Gasteiger partial charge < -0.3 is 9.47 Å². The Morgan fingerprint density at radius 1 is 1.35 bits per heavy atom. The summed E-state index contributed by atoms with van der Waals surface area (Å²) in [5.74, 6) is -0.738. The number of nitrogens with zero attached hydrogens (tertiary/aromatic N) is 1. The van der Waals surface area contributed by atoms with Crippen LogP contribution in [0.5, 0.6) is 0 Å². The molecule has 0 fully saturated rings. The molecule has 20 heavy (non-hydrogen) atoms. The van der Waals surface area contributed by atoms with Crippen molar-refractivity contribution in [1.29, 1.82) is 0 Å². The minimum atomic E-state index is -0.429. The molecule has 0 spiro atoms. The number of rotatable bonds is 6. The number of esters is 2. The summed E-state index contributed by atoms with van der Waals surface area (Å²) in [7, 11) is 3.09. The average Bonchev–Trinajstić information content (AvgIpc) is 2.38. The van der Waals surface area contributed by atoms with E-state index in [0.717, 1.165) is 0 Å². The Kier molecular flexibility index (Phi) is 6.48. The van der Waals surface area contributed by atoms with Crippen molar-refractivity contribution in [1.82, 2.24) is 4.90 Å². The maximum atomic E-state index is 11.7. The van der Waals surface area contributed by atoms with Crippen LogP contribution in [0.15, 0.2) is 18.2 Å². The van der Waals surface area contributed by atoms with Gasteiger partial charge in [0, 0.05) is 11.6 Å². The number of likely N-dealkylation sites (N-methyl/N-ethyl adjacent to an activating group) is 1. The van der Waals surface area contributed by atoms with Gasteiger partial charge in [0.25, 0.3) is 0 Å². The van der Waals surface area contributed by atoms with Crippen LogP contribution in [-0.2, 0) is 20.8 Å². The van der Waals surface area contributed by atoms with Gasteiger partial charge in [0.1, 0.15) is 0 Å². The summed E-state index contributed by atoms with van der Waals surface area (Å²) in [6, 6.07) is 4.93. The van der Waals surface area contributed by atoms with Gasteiger partial charge in [0.05, 0.1) is 25.8 Å². The van der Waals surface area contributed by atoms with Crippen LogP contribution in [0.2, 0.25) is 5.02 Å². The lowest BCUT2D eigenvalue weighted by Gasteiger charge is -2.17. The number of methoxy groups -OCH3 is 1. The highest BCUT2D eigenvalue weighted by atomic mass is 35.5. The fraction of sp³-hybridized carbons (Fsp3) is 0.429. The zero-order valence-corrected chi connectivity index (χ0v) is 12.6. The van der Waals surface area contributed by atoms with E-state index in [2.05, 4.69) is 0 Å². The van der Waals surface area contributed by atoms with E-state index in [4.69, 9.17) is 21.1 Å². The van der Waals surface area contributed by atoms with E-state index < -0.39 is 5.97 Å². The third kappa shape index (κ3) is 4.83. The SMILES string of the molecule is CCOC(=O)CN(C)Cc1cc(Cl)ccc1C(=O)OC. The number of benzene rings is 1. The van der Waals surface area contributed by atoms with Gasteiger partial charge >= 0.3 is 11.9 Å². The van der Waals surface area contributed by atoms with E-state index >= 15 is 0 Å². The second-order valence-electron chi connectivity index (χ2n) is 4.27. The van der Waals surface area contributed by atoms with Crippen LogP contribution >= 0.6 is 11.6 Å². The molecule has 1 aromatic rings. The van der Waals surface area contributed by atoms with Crippen molar-refractivity contribution in [2.24, 2.45) is 0 Å². The van der Waals surface area contributed by atoms with Crippen LogP contribution in [0.3, 0.4) is 0 Å². The van der Waals surface area contributed by atoms with Gasteiger partial charge in [0.15, 0.2) is 0 Å². The molecule has 0 saturated heterocycles. The van der Waals surface area contributed by atoms with E-state index in [9.17, 15) is 9.59 Å². The number of ether oxygens (including phenoxy) is 2. The molecule has 0 aliphatic heterocycles. The van der Waals surface area contributed by atoms with Crippen molar-refractivity contribution in [3.63, 3.8) is 0 Å². The van der Waals surface area contributed by atoms with Crippen molar-refractivity contribution >= 4 is 23.5 Å². The molecular formula is C14H18ClNO4. The lowest BCUT2D eigenvalue weighted by Crippen LogP contribution is -2.27. The van der Waals surface area contributed by atoms with Crippen LogP contribution in [0.4, 0.5) is 0 Å². The monoisotopic (exact) mass is 299 g/mol. The molecule has 0 aromatic heterocycles. The Balaban J connectivity index is 2.82. The molecule has 0 unspecified atom stereocenters. The quantitative estimate of drug-likeness (QED) is 0.753. The smallest absolute Gasteiger partial charge is 0.338 e. The van der Waals surface area contributed by atoms with Gasteiger partial charge in [-0.3, -0.25) is 9.69 Å². The second-order valence-corrected chi connectivity index (χ2v) is 4.71. The molecule has 0 aliphatic carbocycles. The first-order valence-electron chi connectivity index (χ1n) is 6.18. The van der Waals surface area contributed by atoms with Gasteiger partial charge in [-0.25, -0.2) is 4.79 Å². The molecule has 0 heterocycles. The fourth-order valence-corrected chi connectivity index (χ4v) is 1.97. The number of carbonyl (C=O) groups excluding carboxylic acids is 2. The summed E-state index contributed by atoms with van der Waals surface area (Å²) in [5.41, 5.74) is 1.14. The maximum absolute atomic E-state index is 11.7. The molecule has 0 saturated carbocycles. The molecule has 0 N–H and O–H groups in total. The van der Waals surface area contributed by atoms with Crippen molar-refractivity contribution in [3.05, 3.63) is 34.3 Å².